The molecule has 0 bridgehead atoms. The van der Waals surface area contributed by atoms with E-state index in [0.717, 1.165) is 10.5 Å². The molecule has 3 aromatic carbocycles. The fourth-order valence-corrected chi connectivity index (χ4v) is 3.51. The monoisotopic (exact) mass is 416 g/mol. The molecule has 4 rings (SSSR count). The number of rotatable bonds is 6. The number of benzene rings is 3. The van der Waals surface area contributed by atoms with Crippen molar-refractivity contribution in [2.24, 2.45) is 0 Å². The standard InChI is InChI=1S/C25H21FN2O3/c1-16-11-13-18(14-12-16)27-23-22(19-8-4-6-10-21(19)31-2)24(29)28(25(23)30)15-17-7-3-5-9-20(17)26/h3-14,27H,15H2,1-2H3. The van der Waals surface area contributed by atoms with Gasteiger partial charge in [0.05, 0.1) is 19.2 Å². The molecule has 1 N–H and O–H groups in total. The molecule has 1 aliphatic heterocycles. The Morgan fingerprint density at radius 3 is 2.29 bits per heavy atom. The Hall–Kier alpha value is -3.93. The van der Waals surface area contributed by atoms with Crippen LogP contribution in [0.5, 0.6) is 5.75 Å². The van der Waals surface area contributed by atoms with Gasteiger partial charge >= 0.3 is 0 Å². The van der Waals surface area contributed by atoms with E-state index in [1.54, 1.807) is 42.5 Å². The summed E-state index contributed by atoms with van der Waals surface area (Å²) in [6.45, 7) is 1.80. The van der Waals surface area contributed by atoms with E-state index >= 15 is 0 Å². The minimum absolute atomic E-state index is 0.134. The highest BCUT2D eigenvalue weighted by atomic mass is 19.1. The summed E-state index contributed by atoms with van der Waals surface area (Å²) in [7, 11) is 1.50. The zero-order valence-electron chi connectivity index (χ0n) is 17.2. The second-order valence-corrected chi connectivity index (χ2v) is 7.23. The summed E-state index contributed by atoms with van der Waals surface area (Å²) < 4.78 is 19.6. The highest BCUT2D eigenvalue weighted by molar-refractivity contribution is 6.36. The third kappa shape index (κ3) is 3.92. The molecule has 0 radical (unpaired) electrons. The number of imide groups is 1. The van der Waals surface area contributed by atoms with Crippen LogP contribution in [0.25, 0.3) is 5.57 Å². The van der Waals surface area contributed by atoms with Crippen molar-refractivity contribution in [3.8, 4) is 5.75 Å². The van der Waals surface area contributed by atoms with Crippen LogP contribution in [0.4, 0.5) is 10.1 Å². The van der Waals surface area contributed by atoms with Crippen LogP contribution < -0.4 is 10.1 Å². The first-order valence-electron chi connectivity index (χ1n) is 9.80. The Morgan fingerprint density at radius 2 is 1.58 bits per heavy atom. The van der Waals surface area contributed by atoms with Gasteiger partial charge < -0.3 is 10.1 Å². The van der Waals surface area contributed by atoms with Crippen molar-refractivity contribution in [2.45, 2.75) is 13.5 Å². The number of anilines is 1. The number of amides is 2. The van der Waals surface area contributed by atoms with Crippen molar-refractivity contribution < 1.29 is 18.7 Å². The maximum Gasteiger partial charge on any atom is 0.278 e. The molecule has 0 fully saturated rings. The molecule has 0 unspecified atom stereocenters. The molecular weight excluding hydrogens is 395 g/mol. The largest absolute Gasteiger partial charge is 0.496 e. The number of aryl methyl sites for hydroxylation is 1. The van der Waals surface area contributed by atoms with Crippen molar-refractivity contribution in [3.63, 3.8) is 0 Å². The van der Waals surface area contributed by atoms with E-state index in [2.05, 4.69) is 5.32 Å². The molecule has 0 atom stereocenters. The number of methoxy groups -OCH3 is 1. The van der Waals surface area contributed by atoms with Gasteiger partial charge in [0.2, 0.25) is 0 Å². The summed E-state index contributed by atoms with van der Waals surface area (Å²) >= 11 is 0. The van der Waals surface area contributed by atoms with E-state index in [-0.39, 0.29) is 23.4 Å². The van der Waals surface area contributed by atoms with Gasteiger partial charge in [-0.05, 0) is 31.2 Å². The van der Waals surface area contributed by atoms with Crippen LogP contribution in [0.3, 0.4) is 0 Å². The minimum atomic E-state index is -0.519. The molecular formula is C25H21FN2O3. The highest BCUT2D eigenvalue weighted by Gasteiger charge is 2.40. The van der Waals surface area contributed by atoms with Gasteiger partial charge in [0.1, 0.15) is 17.3 Å². The van der Waals surface area contributed by atoms with Gasteiger partial charge in [0.25, 0.3) is 11.8 Å². The summed E-state index contributed by atoms with van der Waals surface area (Å²) in [4.78, 5) is 27.7. The van der Waals surface area contributed by atoms with Crippen LogP contribution in [0, 0.1) is 12.7 Å². The topological polar surface area (TPSA) is 58.6 Å². The number of carbonyl (C=O) groups excluding carboxylic acids is 2. The fourth-order valence-electron chi connectivity index (χ4n) is 3.51. The molecule has 1 heterocycles. The number of nitrogens with zero attached hydrogens (tertiary/aromatic N) is 1. The van der Waals surface area contributed by atoms with Gasteiger partial charge in [-0.25, -0.2) is 4.39 Å². The number of hydrogen-bond acceptors (Lipinski definition) is 4. The van der Waals surface area contributed by atoms with E-state index in [4.69, 9.17) is 4.74 Å². The van der Waals surface area contributed by atoms with E-state index in [1.807, 2.05) is 31.2 Å². The number of para-hydroxylation sites is 1. The Morgan fingerprint density at radius 1 is 0.903 bits per heavy atom. The van der Waals surface area contributed by atoms with Gasteiger partial charge in [0.15, 0.2) is 0 Å². The second-order valence-electron chi connectivity index (χ2n) is 7.23. The lowest BCUT2D eigenvalue weighted by Crippen LogP contribution is -2.32. The van der Waals surface area contributed by atoms with E-state index in [1.165, 1.54) is 13.2 Å². The molecule has 0 aromatic heterocycles. The van der Waals surface area contributed by atoms with Gasteiger partial charge in [-0.1, -0.05) is 54.1 Å². The van der Waals surface area contributed by atoms with Crippen LogP contribution in [0.2, 0.25) is 0 Å². The number of nitrogens with one attached hydrogen (secondary N) is 1. The molecule has 1 aliphatic rings. The van der Waals surface area contributed by atoms with Gasteiger partial charge in [0, 0.05) is 16.8 Å². The number of halogens is 1. The number of ether oxygens (including phenoxy) is 1. The molecule has 5 nitrogen and oxygen atoms in total. The van der Waals surface area contributed by atoms with Crippen molar-refractivity contribution in [1.29, 1.82) is 0 Å². The third-order valence-electron chi connectivity index (χ3n) is 5.15. The second kappa shape index (κ2) is 8.44. The molecule has 0 saturated heterocycles. The average Bonchev–Trinajstić information content (AvgIpc) is 3.00. The Labute approximate surface area is 179 Å². The highest BCUT2D eigenvalue weighted by Crippen LogP contribution is 2.36. The molecule has 0 saturated carbocycles. The number of carbonyl (C=O) groups is 2. The first-order valence-corrected chi connectivity index (χ1v) is 9.80. The molecule has 31 heavy (non-hydrogen) atoms. The molecule has 0 spiro atoms. The van der Waals surface area contributed by atoms with Gasteiger partial charge in [-0.2, -0.15) is 0 Å². The summed E-state index contributed by atoms with van der Waals surface area (Å²) in [6.07, 6.45) is 0. The first-order chi connectivity index (χ1) is 15.0. The van der Waals surface area contributed by atoms with Crippen LogP contribution in [0.1, 0.15) is 16.7 Å². The molecule has 3 aromatic rings. The van der Waals surface area contributed by atoms with Crippen molar-refractivity contribution in [1.82, 2.24) is 4.90 Å². The van der Waals surface area contributed by atoms with Gasteiger partial charge in [-0.3, -0.25) is 14.5 Å². The molecule has 6 heteroatoms. The van der Waals surface area contributed by atoms with E-state index in [9.17, 15) is 14.0 Å². The van der Waals surface area contributed by atoms with Crippen molar-refractivity contribution >= 4 is 23.1 Å². The first kappa shape index (κ1) is 20.3. The predicted molar refractivity (Wildman–Crippen MR) is 117 cm³/mol. The van der Waals surface area contributed by atoms with Crippen LogP contribution in [-0.2, 0) is 16.1 Å². The van der Waals surface area contributed by atoms with E-state index in [0.29, 0.717) is 17.0 Å². The number of hydrogen-bond donors (Lipinski definition) is 1. The normalized spacial score (nSPS) is 13.7. The zero-order valence-corrected chi connectivity index (χ0v) is 17.2. The van der Waals surface area contributed by atoms with Gasteiger partial charge in [-0.15, -0.1) is 0 Å². The Balaban J connectivity index is 1.79. The quantitative estimate of drug-likeness (QED) is 0.600. The lowest BCUT2D eigenvalue weighted by Gasteiger charge is -2.16. The van der Waals surface area contributed by atoms with Crippen LogP contribution >= 0.6 is 0 Å². The zero-order chi connectivity index (χ0) is 22.0. The van der Waals surface area contributed by atoms with Crippen LogP contribution in [0.15, 0.2) is 78.5 Å². The Bertz CT molecular complexity index is 1190. The molecule has 156 valence electrons. The molecule has 0 aliphatic carbocycles. The van der Waals surface area contributed by atoms with E-state index < -0.39 is 17.6 Å². The lowest BCUT2D eigenvalue weighted by molar-refractivity contribution is -0.137. The summed E-state index contributed by atoms with van der Waals surface area (Å²) in [5.41, 5.74) is 2.82. The summed E-state index contributed by atoms with van der Waals surface area (Å²) in [6, 6.07) is 20.6. The van der Waals surface area contributed by atoms with Crippen molar-refractivity contribution in [2.75, 3.05) is 12.4 Å². The van der Waals surface area contributed by atoms with Crippen molar-refractivity contribution in [3.05, 3.63) is 101 Å². The average molecular weight is 416 g/mol. The molecule has 2 amide bonds. The smallest absolute Gasteiger partial charge is 0.278 e. The maximum atomic E-state index is 14.2. The lowest BCUT2D eigenvalue weighted by atomic mass is 10.0. The predicted octanol–water partition coefficient (Wildman–Crippen LogP) is 4.53. The maximum absolute atomic E-state index is 14.2. The fraction of sp³-hybridized carbons (Fsp3) is 0.120. The SMILES string of the molecule is COc1ccccc1C1=C(Nc2ccc(C)cc2)C(=O)N(Cc2ccccc2F)C1=O. The van der Waals surface area contributed by atoms with Crippen LogP contribution in [-0.4, -0.2) is 23.8 Å². The summed E-state index contributed by atoms with van der Waals surface area (Å²) in [5, 5.41) is 3.10. The Kier molecular flexibility index (Phi) is 5.54. The summed E-state index contributed by atoms with van der Waals surface area (Å²) in [5.74, 6) is -1.03. The minimum Gasteiger partial charge on any atom is -0.496 e. The third-order valence-corrected chi connectivity index (χ3v) is 5.15.